The predicted molar refractivity (Wildman–Crippen MR) is 87.2 cm³/mol. The molecule has 0 saturated heterocycles. The van der Waals surface area contributed by atoms with Gasteiger partial charge in [0.15, 0.2) is 5.78 Å². The second-order valence-electron chi connectivity index (χ2n) is 5.17. The second-order valence-corrected chi connectivity index (χ2v) is 6.16. The highest BCUT2D eigenvalue weighted by Crippen LogP contribution is 2.21. The van der Waals surface area contributed by atoms with Gasteiger partial charge in [-0.3, -0.25) is 9.69 Å². The van der Waals surface area contributed by atoms with Crippen molar-refractivity contribution in [3.8, 4) is 5.75 Å². The van der Waals surface area contributed by atoms with E-state index in [1.54, 1.807) is 7.11 Å². The van der Waals surface area contributed by atoms with E-state index in [4.69, 9.17) is 4.74 Å². The topological polar surface area (TPSA) is 29.5 Å². The number of hydrogen-bond acceptors (Lipinski definition) is 4. The molecule has 3 nitrogen and oxygen atoms in total. The van der Waals surface area contributed by atoms with E-state index in [0.29, 0.717) is 23.9 Å². The van der Waals surface area contributed by atoms with Gasteiger partial charge in [0.1, 0.15) is 5.75 Å². The highest BCUT2D eigenvalue weighted by atomic mass is 32.2. The SMILES string of the molecule is COc1cc(C)ccc1C(=O)CN(C)C(C)CCSC. The van der Waals surface area contributed by atoms with Crippen LogP contribution in [0.1, 0.15) is 29.3 Å². The fourth-order valence-electron chi connectivity index (χ4n) is 2.01. The molecule has 1 aromatic carbocycles. The third-order valence-electron chi connectivity index (χ3n) is 3.54. The zero-order chi connectivity index (χ0) is 15.1. The molecule has 1 unspecified atom stereocenters. The molecule has 1 aromatic rings. The Balaban J connectivity index is 2.71. The highest BCUT2D eigenvalue weighted by Gasteiger charge is 2.17. The molecule has 20 heavy (non-hydrogen) atoms. The van der Waals surface area contributed by atoms with Crippen molar-refractivity contribution in [1.82, 2.24) is 4.90 Å². The summed E-state index contributed by atoms with van der Waals surface area (Å²) in [7, 11) is 3.61. The number of ketones is 1. The minimum atomic E-state index is 0.111. The molecule has 112 valence electrons. The van der Waals surface area contributed by atoms with Crippen LogP contribution in [0.15, 0.2) is 18.2 Å². The largest absolute Gasteiger partial charge is 0.496 e. The fourth-order valence-corrected chi connectivity index (χ4v) is 2.58. The van der Waals surface area contributed by atoms with E-state index in [1.807, 2.05) is 43.9 Å². The molecule has 0 bridgehead atoms. The number of benzene rings is 1. The number of rotatable bonds is 8. The van der Waals surface area contributed by atoms with Crippen molar-refractivity contribution in [3.63, 3.8) is 0 Å². The molecule has 4 heteroatoms. The summed E-state index contributed by atoms with van der Waals surface area (Å²) in [5.74, 6) is 1.90. The van der Waals surface area contributed by atoms with Crippen LogP contribution < -0.4 is 4.74 Å². The van der Waals surface area contributed by atoms with Crippen LogP contribution in [0.2, 0.25) is 0 Å². The van der Waals surface area contributed by atoms with Crippen molar-refractivity contribution in [2.45, 2.75) is 26.3 Å². The van der Waals surface area contributed by atoms with Crippen LogP contribution in [0.4, 0.5) is 0 Å². The molecular weight excluding hydrogens is 270 g/mol. The minimum Gasteiger partial charge on any atom is -0.496 e. The summed E-state index contributed by atoms with van der Waals surface area (Å²) in [6.45, 7) is 4.58. The van der Waals surface area contributed by atoms with Crippen molar-refractivity contribution in [2.24, 2.45) is 0 Å². The minimum absolute atomic E-state index is 0.111. The van der Waals surface area contributed by atoms with E-state index in [2.05, 4.69) is 18.1 Å². The second kappa shape index (κ2) is 8.32. The third kappa shape index (κ3) is 4.84. The Labute approximate surface area is 126 Å². The number of carbonyl (C=O) groups is 1. The van der Waals surface area contributed by atoms with Crippen LogP contribution in [0.5, 0.6) is 5.75 Å². The molecule has 0 heterocycles. The molecule has 1 atom stereocenters. The number of carbonyl (C=O) groups excluding carboxylic acids is 1. The Kier molecular flexibility index (Phi) is 7.10. The summed E-state index contributed by atoms with van der Waals surface area (Å²) in [6.07, 6.45) is 3.20. The van der Waals surface area contributed by atoms with Crippen LogP contribution in [0, 0.1) is 6.92 Å². The Bertz CT molecular complexity index is 448. The van der Waals surface area contributed by atoms with Crippen molar-refractivity contribution in [1.29, 1.82) is 0 Å². The first-order valence-corrected chi connectivity index (χ1v) is 8.26. The van der Waals surface area contributed by atoms with Crippen molar-refractivity contribution >= 4 is 17.5 Å². The standard InChI is InChI=1S/C16H25NO2S/c1-12-6-7-14(16(10-12)19-4)15(18)11-17(3)13(2)8-9-20-5/h6-7,10,13H,8-9,11H2,1-5H3. The number of methoxy groups -OCH3 is 1. The first kappa shape index (κ1) is 17.1. The van der Waals surface area contributed by atoms with Crippen molar-refractivity contribution < 1.29 is 9.53 Å². The maximum atomic E-state index is 12.4. The van der Waals surface area contributed by atoms with Crippen LogP contribution in [0.25, 0.3) is 0 Å². The predicted octanol–water partition coefficient (Wildman–Crippen LogP) is 3.26. The number of aryl methyl sites for hydroxylation is 1. The molecule has 0 aliphatic heterocycles. The summed E-state index contributed by atoms with van der Waals surface area (Å²) in [5.41, 5.74) is 1.77. The summed E-state index contributed by atoms with van der Waals surface area (Å²) in [4.78, 5) is 14.5. The lowest BCUT2D eigenvalue weighted by molar-refractivity contribution is 0.0920. The number of hydrogen-bond donors (Lipinski definition) is 0. The molecule has 1 rings (SSSR count). The maximum absolute atomic E-state index is 12.4. The average molecular weight is 295 g/mol. The smallest absolute Gasteiger partial charge is 0.180 e. The lowest BCUT2D eigenvalue weighted by Crippen LogP contribution is -2.34. The molecule has 0 radical (unpaired) electrons. The van der Waals surface area contributed by atoms with Gasteiger partial charge >= 0.3 is 0 Å². The summed E-state index contributed by atoms with van der Waals surface area (Å²) < 4.78 is 5.31. The first-order valence-electron chi connectivity index (χ1n) is 6.86. The zero-order valence-corrected chi connectivity index (χ0v) is 13.9. The van der Waals surface area contributed by atoms with Gasteiger partial charge < -0.3 is 4.74 Å². The normalized spacial score (nSPS) is 12.5. The van der Waals surface area contributed by atoms with Crippen LogP contribution in [0.3, 0.4) is 0 Å². The van der Waals surface area contributed by atoms with Crippen LogP contribution in [-0.2, 0) is 0 Å². The van der Waals surface area contributed by atoms with Crippen LogP contribution in [-0.4, -0.2) is 49.4 Å². The van der Waals surface area contributed by atoms with Gasteiger partial charge in [-0.25, -0.2) is 0 Å². The molecule has 0 N–H and O–H groups in total. The summed E-state index contributed by atoms with van der Waals surface area (Å²) in [5, 5.41) is 0. The van der Waals surface area contributed by atoms with Gasteiger partial charge in [-0.2, -0.15) is 11.8 Å². The van der Waals surface area contributed by atoms with E-state index in [-0.39, 0.29) is 5.78 Å². The molecule has 0 spiro atoms. The van der Waals surface area contributed by atoms with Gasteiger partial charge in [0, 0.05) is 6.04 Å². The summed E-state index contributed by atoms with van der Waals surface area (Å²) in [6, 6.07) is 6.12. The molecule has 0 amide bonds. The van der Waals surface area contributed by atoms with Gasteiger partial charge in [0.2, 0.25) is 0 Å². The molecule has 0 fully saturated rings. The molecule has 0 aliphatic rings. The lowest BCUT2D eigenvalue weighted by atomic mass is 10.1. The fraction of sp³-hybridized carbons (Fsp3) is 0.562. The lowest BCUT2D eigenvalue weighted by Gasteiger charge is -2.24. The Hall–Kier alpha value is -1.00. The van der Waals surface area contributed by atoms with Crippen molar-refractivity contribution in [3.05, 3.63) is 29.3 Å². The van der Waals surface area contributed by atoms with Gasteiger partial charge in [0.25, 0.3) is 0 Å². The first-order chi connectivity index (χ1) is 9.49. The highest BCUT2D eigenvalue weighted by molar-refractivity contribution is 7.98. The molecule has 0 aliphatic carbocycles. The van der Waals surface area contributed by atoms with E-state index in [1.165, 1.54) is 0 Å². The monoisotopic (exact) mass is 295 g/mol. The summed E-state index contributed by atoms with van der Waals surface area (Å²) >= 11 is 1.84. The number of nitrogens with zero attached hydrogens (tertiary/aromatic N) is 1. The third-order valence-corrected chi connectivity index (χ3v) is 4.19. The number of likely N-dealkylation sites (N-methyl/N-ethyl adjacent to an activating group) is 1. The maximum Gasteiger partial charge on any atom is 0.180 e. The quantitative estimate of drug-likeness (QED) is 0.689. The van der Waals surface area contributed by atoms with E-state index in [0.717, 1.165) is 17.7 Å². The van der Waals surface area contributed by atoms with Gasteiger partial charge in [-0.15, -0.1) is 0 Å². The van der Waals surface area contributed by atoms with Gasteiger partial charge in [0.05, 0.1) is 19.2 Å². The van der Waals surface area contributed by atoms with E-state index < -0.39 is 0 Å². The van der Waals surface area contributed by atoms with E-state index >= 15 is 0 Å². The Morgan fingerprint density at radius 2 is 2.15 bits per heavy atom. The van der Waals surface area contributed by atoms with E-state index in [9.17, 15) is 4.79 Å². The average Bonchev–Trinajstić information content (AvgIpc) is 2.44. The molecule has 0 aromatic heterocycles. The number of ether oxygens (including phenoxy) is 1. The van der Waals surface area contributed by atoms with Crippen LogP contribution >= 0.6 is 11.8 Å². The Morgan fingerprint density at radius 3 is 2.75 bits per heavy atom. The number of thioether (sulfide) groups is 1. The van der Waals surface area contributed by atoms with Crippen molar-refractivity contribution in [2.75, 3.05) is 32.7 Å². The number of Topliss-reactive ketones (excluding diaryl/α,β-unsaturated/α-hetero) is 1. The zero-order valence-electron chi connectivity index (χ0n) is 13.1. The Morgan fingerprint density at radius 1 is 1.45 bits per heavy atom. The molecular formula is C16H25NO2S. The van der Waals surface area contributed by atoms with Gasteiger partial charge in [-0.05, 0) is 57.0 Å². The van der Waals surface area contributed by atoms with Gasteiger partial charge in [-0.1, -0.05) is 6.07 Å². The molecule has 0 saturated carbocycles.